The minimum Gasteiger partial charge on any atom is -0.444 e. The fourth-order valence-corrected chi connectivity index (χ4v) is 3.23. The molecule has 1 heterocycles. The highest BCUT2D eigenvalue weighted by atomic mass is 16.6. The van der Waals surface area contributed by atoms with Gasteiger partial charge in [0.05, 0.1) is 0 Å². The maximum Gasteiger partial charge on any atom is 0.408 e. The van der Waals surface area contributed by atoms with Gasteiger partial charge in [0.25, 0.3) is 5.91 Å². The lowest BCUT2D eigenvalue weighted by Gasteiger charge is -2.27. The van der Waals surface area contributed by atoms with Gasteiger partial charge < -0.3 is 20.4 Å². The Kier molecular flexibility index (Phi) is 8.04. The lowest BCUT2D eigenvalue weighted by molar-refractivity contribution is -0.131. The van der Waals surface area contributed by atoms with E-state index in [9.17, 15) is 14.4 Å². The number of benzene rings is 1. The molecule has 0 spiro atoms. The molecule has 0 aliphatic rings. The van der Waals surface area contributed by atoms with Gasteiger partial charge in [0.1, 0.15) is 17.7 Å². The highest BCUT2D eigenvalue weighted by Gasteiger charge is 2.31. The number of hydrogen-bond acceptors (Lipinski definition) is 5. The monoisotopic (exact) mass is 431 g/mol. The Bertz CT molecular complexity index is 918. The molecule has 0 saturated carbocycles. The van der Waals surface area contributed by atoms with Crippen molar-refractivity contribution in [2.45, 2.75) is 65.1 Å². The molecule has 3 amide bonds. The standard InChI is InChI=1S/C22H33N5O4/c1-6-13(2)18(20(29)27-23)26-19(28)17(25-21(30)31-22(3,4)5)11-14-12-24-16-10-8-7-9-15(14)16/h7-10,12-13,17-18,24H,6,11,23H2,1-5H3,(H,25,30)(H,26,28)(H,27,29). The summed E-state index contributed by atoms with van der Waals surface area (Å²) in [7, 11) is 0. The van der Waals surface area contributed by atoms with Crippen molar-refractivity contribution in [2.75, 3.05) is 0 Å². The molecular weight excluding hydrogens is 398 g/mol. The average molecular weight is 432 g/mol. The third-order valence-corrected chi connectivity index (χ3v) is 5.04. The number of hydrazine groups is 1. The van der Waals surface area contributed by atoms with E-state index in [2.05, 4.69) is 21.0 Å². The minimum atomic E-state index is -0.953. The highest BCUT2D eigenvalue weighted by Crippen LogP contribution is 2.20. The lowest BCUT2D eigenvalue weighted by atomic mass is 9.97. The number of amides is 3. The maximum atomic E-state index is 13.1. The Balaban J connectivity index is 2.28. The normalized spacial score (nSPS) is 14.4. The summed E-state index contributed by atoms with van der Waals surface area (Å²) in [5, 5.41) is 6.33. The first kappa shape index (κ1) is 24.2. The van der Waals surface area contributed by atoms with Gasteiger partial charge in [-0.05, 0) is 38.3 Å². The molecule has 0 aliphatic heterocycles. The molecule has 1 aromatic carbocycles. The molecule has 0 radical (unpaired) electrons. The first-order chi connectivity index (χ1) is 14.6. The molecule has 2 aromatic rings. The van der Waals surface area contributed by atoms with Crippen LogP contribution in [-0.2, 0) is 20.7 Å². The van der Waals surface area contributed by atoms with Crippen LogP contribution in [0.1, 0.15) is 46.6 Å². The molecule has 0 fully saturated rings. The van der Waals surface area contributed by atoms with Gasteiger partial charge in [-0.2, -0.15) is 0 Å². The Morgan fingerprint density at radius 1 is 1.13 bits per heavy atom. The molecule has 6 N–H and O–H groups in total. The van der Waals surface area contributed by atoms with Crippen molar-refractivity contribution in [3.8, 4) is 0 Å². The van der Waals surface area contributed by atoms with Gasteiger partial charge in [0.2, 0.25) is 5.91 Å². The number of aromatic nitrogens is 1. The Hall–Kier alpha value is -3.07. The number of rotatable bonds is 8. The van der Waals surface area contributed by atoms with Crippen molar-refractivity contribution >= 4 is 28.8 Å². The molecule has 31 heavy (non-hydrogen) atoms. The predicted octanol–water partition coefficient (Wildman–Crippen LogP) is 2.12. The first-order valence-corrected chi connectivity index (χ1v) is 10.4. The molecule has 3 atom stereocenters. The summed E-state index contributed by atoms with van der Waals surface area (Å²) in [5.41, 5.74) is 3.16. The van der Waals surface area contributed by atoms with E-state index in [1.165, 1.54) is 0 Å². The van der Waals surface area contributed by atoms with Gasteiger partial charge in [-0.3, -0.25) is 15.0 Å². The van der Waals surface area contributed by atoms with Crippen LogP contribution in [0.15, 0.2) is 30.5 Å². The van der Waals surface area contributed by atoms with E-state index in [1.54, 1.807) is 27.0 Å². The van der Waals surface area contributed by atoms with E-state index in [-0.39, 0.29) is 12.3 Å². The smallest absolute Gasteiger partial charge is 0.408 e. The molecular formula is C22H33N5O4. The second-order valence-electron chi connectivity index (χ2n) is 8.64. The van der Waals surface area contributed by atoms with Crippen LogP contribution in [-0.4, -0.2) is 40.6 Å². The van der Waals surface area contributed by atoms with Gasteiger partial charge in [0, 0.05) is 23.5 Å². The van der Waals surface area contributed by atoms with Crippen molar-refractivity contribution in [1.29, 1.82) is 0 Å². The molecule has 9 nitrogen and oxygen atoms in total. The fourth-order valence-electron chi connectivity index (χ4n) is 3.23. The Morgan fingerprint density at radius 2 is 1.81 bits per heavy atom. The SMILES string of the molecule is CCC(C)C(NC(=O)C(Cc1c[nH]c2ccccc12)NC(=O)OC(C)(C)C)C(=O)NN. The highest BCUT2D eigenvalue weighted by molar-refractivity contribution is 5.92. The lowest BCUT2D eigenvalue weighted by Crippen LogP contribution is -2.57. The summed E-state index contributed by atoms with van der Waals surface area (Å²) in [4.78, 5) is 40.9. The number of hydrogen-bond donors (Lipinski definition) is 5. The van der Waals surface area contributed by atoms with E-state index in [1.807, 2.05) is 38.1 Å². The third-order valence-electron chi connectivity index (χ3n) is 5.04. The van der Waals surface area contributed by atoms with Gasteiger partial charge in [0.15, 0.2) is 0 Å². The summed E-state index contributed by atoms with van der Waals surface area (Å²) in [5.74, 6) is 4.15. The van der Waals surface area contributed by atoms with Crippen molar-refractivity contribution in [1.82, 2.24) is 21.0 Å². The number of H-pyrrole nitrogens is 1. The van der Waals surface area contributed by atoms with E-state index in [0.717, 1.165) is 16.5 Å². The molecule has 3 unspecified atom stereocenters. The maximum absolute atomic E-state index is 13.1. The number of fused-ring (bicyclic) bond motifs is 1. The fraction of sp³-hybridized carbons (Fsp3) is 0.500. The van der Waals surface area contributed by atoms with Crippen molar-refractivity contribution in [3.05, 3.63) is 36.0 Å². The first-order valence-electron chi connectivity index (χ1n) is 10.4. The van der Waals surface area contributed by atoms with Crippen LogP contribution in [0.5, 0.6) is 0 Å². The Labute approximate surface area is 182 Å². The number of nitrogens with one attached hydrogen (secondary N) is 4. The summed E-state index contributed by atoms with van der Waals surface area (Å²) < 4.78 is 5.33. The summed E-state index contributed by atoms with van der Waals surface area (Å²) in [6.07, 6.45) is 1.97. The minimum absolute atomic E-state index is 0.150. The molecule has 0 bridgehead atoms. The number of aromatic amines is 1. The summed E-state index contributed by atoms with van der Waals surface area (Å²) >= 11 is 0. The zero-order chi connectivity index (χ0) is 23.2. The Morgan fingerprint density at radius 3 is 2.42 bits per heavy atom. The summed E-state index contributed by atoms with van der Waals surface area (Å²) in [6, 6.07) is 5.90. The van der Waals surface area contributed by atoms with Crippen LogP contribution in [0.4, 0.5) is 4.79 Å². The number of alkyl carbamates (subject to hydrolysis) is 1. The van der Waals surface area contributed by atoms with Crippen LogP contribution in [0.25, 0.3) is 10.9 Å². The molecule has 0 aliphatic carbocycles. The quantitative estimate of drug-likeness (QED) is 0.248. The second kappa shape index (κ2) is 10.3. The van der Waals surface area contributed by atoms with Crippen LogP contribution < -0.4 is 21.9 Å². The third kappa shape index (κ3) is 6.71. The number of nitrogens with two attached hydrogens (primary N) is 1. The van der Waals surface area contributed by atoms with E-state index >= 15 is 0 Å². The zero-order valence-corrected chi connectivity index (χ0v) is 18.7. The van der Waals surface area contributed by atoms with Crippen LogP contribution in [0, 0.1) is 5.92 Å². The summed E-state index contributed by atoms with van der Waals surface area (Å²) in [6.45, 7) is 8.98. The van der Waals surface area contributed by atoms with E-state index in [4.69, 9.17) is 10.6 Å². The van der Waals surface area contributed by atoms with Crippen LogP contribution in [0.3, 0.4) is 0 Å². The molecule has 1 aromatic heterocycles. The van der Waals surface area contributed by atoms with Crippen LogP contribution >= 0.6 is 0 Å². The molecule has 170 valence electrons. The van der Waals surface area contributed by atoms with Crippen LogP contribution in [0.2, 0.25) is 0 Å². The largest absolute Gasteiger partial charge is 0.444 e. The van der Waals surface area contributed by atoms with Crippen molar-refractivity contribution in [2.24, 2.45) is 11.8 Å². The van der Waals surface area contributed by atoms with Crippen molar-refractivity contribution in [3.63, 3.8) is 0 Å². The topological polar surface area (TPSA) is 138 Å². The second-order valence-corrected chi connectivity index (χ2v) is 8.64. The molecule has 2 rings (SSSR count). The van der Waals surface area contributed by atoms with Gasteiger partial charge in [-0.15, -0.1) is 0 Å². The number of carbonyl (C=O) groups is 3. The van der Waals surface area contributed by atoms with Gasteiger partial charge in [-0.25, -0.2) is 10.6 Å². The molecule has 0 saturated heterocycles. The van der Waals surface area contributed by atoms with Crippen molar-refractivity contribution < 1.29 is 19.1 Å². The van der Waals surface area contributed by atoms with E-state index < -0.39 is 35.6 Å². The number of carbonyl (C=O) groups excluding carboxylic acids is 3. The zero-order valence-electron chi connectivity index (χ0n) is 18.7. The van der Waals surface area contributed by atoms with E-state index in [0.29, 0.717) is 6.42 Å². The van der Waals surface area contributed by atoms with Gasteiger partial charge >= 0.3 is 6.09 Å². The average Bonchev–Trinajstić information content (AvgIpc) is 3.11. The predicted molar refractivity (Wildman–Crippen MR) is 119 cm³/mol. The molecule has 9 heteroatoms. The number of ether oxygens (including phenoxy) is 1. The van der Waals surface area contributed by atoms with Gasteiger partial charge in [-0.1, -0.05) is 38.5 Å². The number of para-hydroxylation sites is 1.